The zero-order chi connectivity index (χ0) is 15.0. The highest BCUT2D eigenvalue weighted by atomic mass is 16.5. The maximum absolute atomic E-state index is 5.84. The summed E-state index contributed by atoms with van der Waals surface area (Å²) < 4.78 is 11.2. The molecule has 0 spiro atoms. The monoisotopic (exact) mass is 286 g/mol. The Bertz CT molecular complexity index is 647. The van der Waals surface area contributed by atoms with E-state index in [2.05, 4.69) is 35.9 Å². The van der Waals surface area contributed by atoms with Crippen LogP contribution in [-0.2, 0) is 4.74 Å². The van der Waals surface area contributed by atoms with Crippen LogP contribution in [-0.4, -0.2) is 37.4 Å². The Morgan fingerprint density at radius 3 is 2.57 bits per heavy atom. The standard InChI is InChI=1S/C17H22N2O2/c1-11-7-17(19-9-12(2)21-13(3)10-19)15-8-14(20-4)5-6-16(15)18-11/h5-8,12-13H,9-10H2,1-4H3/t12-,13+. The number of benzene rings is 1. The molecular weight excluding hydrogens is 264 g/mol. The van der Waals surface area contributed by atoms with Crippen LogP contribution in [0.4, 0.5) is 5.69 Å². The molecule has 0 radical (unpaired) electrons. The van der Waals surface area contributed by atoms with Crippen molar-refractivity contribution in [2.75, 3.05) is 25.1 Å². The minimum atomic E-state index is 0.239. The number of pyridine rings is 1. The molecular formula is C17H22N2O2. The van der Waals surface area contributed by atoms with Gasteiger partial charge in [-0.05, 0) is 45.0 Å². The summed E-state index contributed by atoms with van der Waals surface area (Å²) >= 11 is 0. The number of ether oxygens (including phenoxy) is 2. The summed E-state index contributed by atoms with van der Waals surface area (Å²) in [5.41, 5.74) is 3.27. The number of aromatic nitrogens is 1. The number of anilines is 1. The number of rotatable bonds is 2. The van der Waals surface area contributed by atoms with Crippen LogP contribution in [0.2, 0.25) is 0 Å². The number of hydrogen-bond acceptors (Lipinski definition) is 4. The average molecular weight is 286 g/mol. The first-order valence-corrected chi connectivity index (χ1v) is 7.42. The molecule has 1 aromatic carbocycles. The number of nitrogens with zero attached hydrogens (tertiary/aromatic N) is 2. The second-order valence-electron chi connectivity index (χ2n) is 5.83. The van der Waals surface area contributed by atoms with E-state index in [1.165, 1.54) is 5.69 Å². The van der Waals surface area contributed by atoms with Gasteiger partial charge in [-0.3, -0.25) is 4.98 Å². The molecule has 1 aromatic heterocycles. The Balaban J connectivity index is 2.11. The summed E-state index contributed by atoms with van der Waals surface area (Å²) in [6.07, 6.45) is 0.478. The van der Waals surface area contributed by atoms with Gasteiger partial charge in [0.25, 0.3) is 0 Å². The van der Waals surface area contributed by atoms with Crippen LogP contribution in [0.15, 0.2) is 24.3 Å². The molecule has 0 N–H and O–H groups in total. The lowest BCUT2D eigenvalue weighted by molar-refractivity contribution is -0.00513. The largest absolute Gasteiger partial charge is 0.497 e. The summed E-state index contributed by atoms with van der Waals surface area (Å²) in [5, 5.41) is 1.14. The van der Waals surface area contributed by atoms with Gasteiger partial charge in [0, 0.05) is 29.9 Å². The SMILES string of the molecule is COc1ccc2nc(C)cc(N3C[C@@H](C)O[C@@H](C)C3)c2c1. The van der Waals surface area contributed by atoms with Gasteiger partial charge in [0.15, 0.2) is 0 Å². The van der Waals surface area contributed by atoms with Gasteiger partial charge >= 0.3 is 0 Å². The van der Waals surface area contributed by atoms with Crippen LogP contribution in [0.25, 0.3) is 10.9 Å². The van der Waals surface area contributed by atoms with Crippen molar-refractivity contribution in [2.24, 2.45) is 0 Å². The van der Waals surface area contributed by atoms with Crippen molar-refractivity contribution >= 4 is 16.6 Å². The topological polar surface area (TPSA) is 34.6 Å². The summed E-state index contributed by atoms with van der Waals surface area (Å²) in [5.74, 6) is 0.865. The number of fused-ring (bicyclic) bond motifs is 1. The van der Waals surface area contributed by atoms with E-state index in [1.54, 1.807) is 7.11 Å². The molecule has 0 bridgehead atoms. The lowest BCUT2D eigenvalue weighted by atomic mass is 10.1. The quantitative estimate of drug-likeness (QED) is 0.849. The van der Waals surface area contributed by atoms with E-state index < -0.39 is 0 Å². The van der Waals surface area contributed by atoms with Crippen molar-refractivity contribution in [1.29, 1.82) is 0 Å². The Kier molecular flexibility index (Phi) is 3.72. The van der Waals surface area contributed by atoms with E-state index in [0.29, 0.717) is 0 Å². The van der Waals surface area contributed by atoms with Crippen LogP contribution in [0.3, 0.4) is 0 Å². The lowest BCUT2D eigenvalue weighted by Gasteiger charge is -2.37. The fourth-order valence-corrected chi connectivity index (χ4v) is 3.08. The van der Waals surface area contributed by atoms with Gasteiger partial charge in [-0.25, -0.2) is 0 Å². The fraction of sp³-hybridized carbons (Fsp3) is 0.471. The number of morpholine rings is 1. The Hall–Kier alpha value is -1.81. The van der Waals surface area contributed by atoms with E-state index in [0.717, 1.165) is 35.4 Å². The van der Waals surface area contributed by atoms with Crippen LogP contribution in [0.1, 0.15) is 19.5 Å². The molecule has 2 aromatic rings. The summed E-state index contributed by atoms with van der Waals surface area (Å²) in [6, 6.07) is 8.22. The Morgan fingerprint density at radius 1 is 1.19 bits per heavy atom. The van der Waals surface area contributed by atoms with E-state index >= 15 is 0 Å². The molecule has 1 saturated heterocycles. The van der Waals surface area contributed by atoms with Gasteiger partial charge in [-0.15, -0.1) is 0 Å². The molecule has 0 saturated carbocycles. The fourth-order valence-electron chi connectivity index (χ4n) is 3.08. The van der Waals surface area contributed by atoms with Crippen molar-refractivity contribution < 1.29 is 9.47 Å². The third-order valence-electron chi connectivity index (χ3n) is 3.88. The first-order chi connectivity index (χ1) is 10.1. The maximum Gasteiger partial charge on any atom is 0.119 e. The third-order valence-corrected chi connectivity index (χ3v) is 3.88. The van der Waals surface area contributed by atoms with Gasteiger partial charge in [0.1, 0.15) is 5.75 Å². The molecule has 1 aliphatic heterocycles. The highest BCUT2D eigenvalue weighted by molar-refractivity contribution is 5.93. The van der Waals surface area contributed by atoms with Crippen LogP contribution in [0, 0.1) is 6.92 Å². The van der Waals surface area contributed by atoms with Gasteiger partial charge in [0.05, 0.1) is 24.8 Å². The first-order valence-electron chi connectivity index (χ1n) is 7.42. The van der Waals surface area contributed by atoms with Crippen molar-refractivity contribution in [1.82, 2.24) is 4.98 Å². The predicted octanol–water partition coefficient (Wildman–Crippen LogP) is 3.17. The van der Waals surface area contributed by atoms with Crippen molar-refractivity contribution in [3.8, 4) is 5.75 Å². The van der Waals surface area contributed by atoms with Crippen LogP contribution < -0.4 is 9.64 Å². The number of aryl methyl sites for hydroxylation is 1. The zero-order valence-corrected chi connectivity index (χ0v) is 13.1. The smallest absolute Gasteiger partial charge is 0.119 e. The lowest BCUT2D eigenvalue weighted by Crippen LogP contribution is -2.45. The molecule has 1 aliphatic rings. The predicted molar refractivity (Wildman–Crippen MR) is 85.3 cm³/mol. The molecule has 4 heteroatoms. The molecule has 0 aliphatic carbocycles. The van der Waals surface area contributed by atoms with Crippen molar-refractivity contribution in [3.63, 3.8) is 0 Å². The summed E-state index contributed by atoms with van der Waals surface area (Å²) in [4.78, 5) is 7.03. The molecule has 4 nitrogen and oxygen atoms in total. The van der Waals surface area contributed by atoms with Gasteiger partial charge in [0.2, 0.25) is 0 Å². The third kappa shape index (κ3) is 2.81. The normalized spacial score (nSPS) is 22.6. The Morgan fingerprint density at radius 2 is 1.90 bits per heavy atom. The van der Waals surface area contributed by atoms with E-state index in [-0.39, 0.29) is 12.2 Å². The number of hydrogen-bond donors (Lipinski definition) is 0. The molecule has 2 heterocycles. The Labute approximate surface area is 125 Å². The van der Waals surface area contributed by atoms with Gasteiger partial charge < -0.3 is 14.4 Å². The average Bonchev–Trinajstić information content (AvgIpc) is 2.44. The molecule has 0 amide bonds. The molecule has 3 rings (SSSR count). The van der Waals surface area contributed by atoms with Gasteiger partial charge in [-0.1, -0.05) is 0 Å². The number of methoxy groups -OCH3 is 1. The van der Waals surface area contributed by atoms with Crippen LogP contribution in [0.5, 0.6) is 5.75 Å². The van der Waals surface area contributed by atoms with E-state index in [4.69, 9.17) is 9.47 Å². The second kappa shape index (κ2) is 5.53. The highest BCUT2D eigenvalue weighted by Gasteiger charge is 2.24. The van der Waals surface area contributed by atoms with E-state index in [9.17, 15) is 0 Å². The summed E-state index contributed by atoms with van der Waals surface area (Å²) in [6.45, 7) is 8.10. The summed E-state index contributed by atoms with van der Waals surface area (Å²) in [7, 11) is 1.70. The molecule has 2 atom stereocenters. The molecule has 21 heavy (non-hydrogen) atoms. The molecule has 112 valence electrons. The molecule has 1 fully saturated rings. The van der Waals surface area contributed by atoms with Crippen molar-refractivity contribution in [3.05, 3.63) is 30.0 Å². The molecule has 0 unspecified atom stereocenters. The van der Waals surface area contributed by atoms with E-state index in [1.807, 2.05) is 19.1 Å². The van der Waals surface area contributed by atoms with Crippen molar-refractivity contribution in [2.45, 2.75) is 33.0 Å². The first kappa shape index (κ1) is 14.1. The second-order valence-corrected chi connectivity index (χ2v) is 5.83. The van der Waals surface area contributed by atoms with Crippen LogP contribution >= 0.6 is 0 Å². The maximum atomic E-state index is 5.84. The van der Waals surface area contributed by atoms with Gasteiger partial charge in [-0.2, -0.15) is 0 Å². The zero-order valence-electron chi connectivity index (χ0n) is 13.1. The highest BCUT2D eigenvalue weighted by Crippen LogP contribution is 2.31. The minimum absolute atomic E-state index is 0.239. The minimum Gasteiger partial charge on any atom is -0.497 e.